The monoisotopic (exact) mass is 356 g/mol. The number of anilines is 1. The predicted molar refractivity (Wildman–Crippen MR) is 81.2 cm³/mol. The second-order valence-corrected chi connectivity index (χ2v) is 5.43. The summed E-state index contributed by atoms with van der Waals surface area (Å²) in [4.78, 5) is 25.0. The van der Waals surface area contributed by atoms with E-state index in [1.807, 2.05) is 25.1 Å². The van der Waals surface area contributed by atoms with E-state index in [0.29, 0.717) is 17.3 Å². The molecule has 25 heavy (non-hydrogen) atoms. The summed E-state index contributed by atoms with van der Waals surface area (Å²) in [5.41, 5.74) is 3.09. The Morgan fingerprint density at radius 2 is 1.96 bits per heavy atom. The molecule has 2 heterocycles. The predicted octanol–water partition coefficient (Wildman–Crippen LogP) is 2.88. The lowest BCUT2D eigenvalue weighted by molar-refractivity contribution is -0.192. The molecule has 0 saturated heterocycles. The van der Waals surface area contributed by atoms with E-state index in [0.717, 1.165) is 11.4 Å². The number of hydrogen-bond donors (Lipinski definition) is 3. The number of aryl methyl sites for hydroxylation is 1. The second kappa shape index (κ2) is 7.32. The van der Waals surface area contributed by atoms with Crippen molar-refractivity contribution in [2.75, 3.05) is 5.32 Å². The Hall–Kier alpha value is -2.91. The number of carboxylic acids is 1. The van der Waals surface area contributed by atoms with Crippen molar-refractivity contribution in [3.63, 3.8) is 0 Å². The van der Waals surface area contributed by atoms with E-state index in [1.165, 1.54) is 12.8 Å². The summed E-state index contributed by atoms with van der Waals surface area (Å²) >= 11 is 0. The second-order valence-electron chi connectivity index (χ2n) is 5.43. The molecule has 7 nitrogen and oxygen atoms in total. The number of halogens is 3. The zero-order valence-corrected chi connectivity index (χ0v) is 13.1. The first-order valence-corrected chi connectivity index (χ1v) is 7.26. The molecular formula is C15H15F3N4O3. The molecule has 3 rings (SSSR count). The van der Waals surface area contributed by atoms with E-state index in [1.54, 1.807) is 6.20 Å². The van der Waals surface area contributed by atoms with E-state index < -0.39 is 12.1 Å². The van der Waals surface area contributed by atoms with Crippen molar-refractivity contribution in [3.05, 3.63) is 41.5 Å². The average Bonchev–Trinajstić information content (AvgIpc) is 3.26. The van der Waals surface area contributed by atoms with Crippen LogP contribution in [0.4, 0.5) is 18.9 Å². The SMILES string of the molecule is Cc1ccc(NC(=O)c2cc(C3CC3)[nH]n2)cn1.O=C(O)C(F)(F)F. The fourth-order valence-corrected chi connectivity index (χ4v) is 1.79. The summed E-state index contributed by atoms with van der Waals surface area (Å²) in [6.45, 7) is 1.90. The van der Waals surface area contributed by atoms with Crippen molar-refractivity contribution in [1.82, 2.24) is 15.2 Å². The van der Waals surface area contributed by atoms with E-state index >= 15 is 0 Å². The first-order chi connectivity index (χ1) is 11.7. The number of carboxylic acid groups (broad SMARTS) is 1. The fourth-order valence-electron chi connectivity index (χ4n) is 1.79. The van der Waals surface area contributed by atoms with Crippen LogP contribution in [0.3, 0.4) is 0 Å². The lowest BCUT2D eigenvalue weighted by Crippen LogP contribution is -2.21. The Balaban J connectivity index is 0.000000277. The van der Waals surface area contributed by atoms with Crippen LogP contribution in [0.2, 0.25) is 0 Å². The third kappa shape index (κ3) is 5.59. The van der Waals surface area contributed by atoms with Crippen molar-refractivity contribution >= 4 is 17.6 Å². The minimum atomic E-state index is -5.08. The fraction of sp³-hybridized carbons (Fsp3) is 0.333. The topological polar surface area (TPSA) is 108 Å². The van der Waals surface area contributed by atoms with Gasteiger partial charge in [-0.1, -0.05) is 0 Å². The Morgan fingerprint density at radius 1 is 1.32 bits per heavy atom. The molecule has 1 saturated carbocycles. The van der Waals surface area contributed by atoms with Gasteiger partial charge in [0.2, 0.25) is 0 Å². The van der Waals surface area contributed by atoms with Crippen molar-refractivity contribution in [3.8, 4) is 0 Å². The summed E-state index contributed by atoms with van der Waals surface area (Å²) in [6.07, 6.45) is -1.07. The Kier molecular flexibility index (Phi) is 5.40. The van der Waals surface area contributed by atoms with E-state index in [2.05, 4.69) is 20.5 Å². The van der Waals surface area contributed by atoms with Gasteiger partial charge in [-0.25, -0.2) is 4.79 Å². The van der Waals surface area contributed by atoms with Crippen molar-refractivity contribution < 1.29 is 27.9 Å². The van der Waals surface area contributed by atoms with Gasteiger partial charge in [-0.05, 0) is 38.0 Å². The number of aromatic amines is 1. The summed E-state index contributed by atoms with van der Waals surface area (Å²) in [5, 5.41) is 16.8. The van der Waals surface area contributed by atoms with Gasteiger partial charge < -0.3 is 10.4 Å². The number of aliphatic carboxylic acids is 1. The molecule has 0 aliphatic heterocycles. The van der Waals surface area contributed by atoms with Gasteiger partial charge in [-0.3, -0.25) is 14.9 Å². The molecule has 0 bridgehead atoms. The lowest BCUT2D eigenvalue weighted by Gasteiger charge is -2.02. The van der Waals surface area contributed by atoms with Crippen LogP contribution in [-0.2, 0) is 4.79 Å². The zero-order chi connectivity index (χ0) is 18.6. The highest BCUT2D eigenvalue weighted by molar-refractivity contribution is 6.02. The van der Waals surface area contributed by atoms with E-state index in [9.17, 15) is 18.0 Å². The molecule has 3 N–H and O–H groups in total. The molecule has 10 heteroatoms. The van der Waals surface area contributed by atoms with Gasteiger partial charge in [0.1, 0.15) is 0 Å². The van der Waals surface area contributed by atoms with Gasteiger partial charge in [-0.2, -0.15) is 18.3 Å². The highest BCUT2D eigenvalue weighted by Gasteiger charge is 2.38. The first-order valence-electron chi connectivity index (χ1n) is 7.26. The highest BCUT2D eigenvalue weighted by atomic mass is 19.4. The molecule has 0 atom stereocenters. The number of carbonyl (C=O) groups excluding carboxylic acids is 1. The van der Waals surface area contributed by atoms with Crippen LogP contribution >= 0.6 is 0 Å². The molecule has 1 aliphatic carbocycles. The lowest BCUT2D eigenvalue weighted by atomic mass is 10.2. The summed E-state index contributed by atoms with van der Waals surface area (Å²) in [7, 11) is 0. The first kappa shape index (κ1) is 18.4. The number of H-pyrrole nitrogens is 1. The van der Waals surface area contributed by atoms with Crippen LogP contribution < -0.4 is 5.32 Å². The average molecular weight is 356 g/mol. The Morgan fingerprint density at radius 3 is 2.44 bits per heavy atom. The third-order valence-electron chi connectivity index (χ3n) is 3.26. The summed E-state index contributed by atoms with van der Waals surface area (Å²) in [5.74, 6) is -2.39. The van der Waals surface area contributed by atoms with Crippen LogP contribution in [-0.4, -0.2) is 38.3 Å². The van der Waals surface area contributed by atoms with Gasteiger partial charge in [0.15, 0.2) is 5.69 Å². The van der Waals surface area contributed by atoms with Gasteiger partial charge >= 0.3 is 12.1 Å². The van der Waals surface area contributed by atoms with E-state index in [-0.39, 0.29) is 5.91 Å². The molecule has 0 spiro atoms. The number of pyridine rings is 1. The number of nitrogens with one attached hydrogen (secondary N) is 2. The van der Waals surface area contributed by atoms with Crippen LogP contribution in [0.25, 0.3) is 0 Å². The maximum atomic E-state index is 11.9. The third-order valence-corrected chi connectivity index (χ3v) is 3.26. The van der Waals surface area contributed by atoms with Crippen LogP contribution in [0.15, 0.2) is 24.4 Å². The molecule has 0 unspecified atom stereocenters. The number of hydrogen-bond acceptors (Lipinski definition) is 4. The molecule has 2 aromatic rings. The maximum absolute atomic E-state index is 11.9. The van der Waals surface area contributed by atoms with Crippen LogP contribution in [0.1, 0.15) is 40.6 Å². The van der Waals surface area contributed by atoms with Gasteiger partial charge in [0.25, 0.3) is 5.91 Å². The van der Waals surface area contributed by atoms with Crippen LogP contribution in [0.5, 0.6) is 0 Å². The van der Waals surface area contributed by atoms with Crippen LogP contribution in [0, 0.1) is 6.92 Å². The van der Waals surface area contributed by atoms with Gasteiger partial charge in [0, 0.05) is 17.3 Å². The molecular weight excluding hydrogens is 341 g/mol. The van der Waals surface area contributed by atoms with Crippen molar-refractivity contribution in [2.45, 2.75) is 31.9 Å². The molecule has 1 fully saturated rings. The number of aromatic nitrogens is 3. The zero-order valence-electron chi connectivity index (χ0n) is 13.1. The van der Waals surface area contributed by atoms with Gasteiger partial charge in [0.05, 0.1) is 11.9 Å². The number of rotatable bonds is 3. The van der Waals surface area contributed by atoms with Crippen molar-refractivity contribution in [1.29, 1.82) is 0 Å². The standard InChI is InChI=1S/C13H14N4O.C2HF3O2/c1-8-2-5-10(7-14-8)15-13(18)12-6-11(16-17-12)9-3-4-9;3-2(4,5)1(6)7/h2,5-7,9H,3-4H2,1H3,(H,15,18)(H,16,17);(H,6,7). The summed E-state index contributed by atoms with van der Waals surface area (Å²) < 4.78 is 31.7. The number of nitrogens with zero attached hydrogens (tertiary/aromatic N) is 2. The smallest absolute Gasteiger partial charge is 0.475 e. The quantitative estimate of drug-likeness (QED) is 0.784. The number of amides is 1. The maximum Gasteiger partial charge on any atom is 0.490 e. The summed E-state index contributed by atoms with van der Waals surface area (Å²) in [6, 6.07) is 5.51. The molecule has 134 valence electrons. The highest BCUT2D eigenvalue weighted by Crippen LogP contribution is 2.39. The number of carbonyl (C=O) groups is 2. The normalized spacial score (nSPS) is 13.6. The van der Waals surface area contributed by atoms with E-state index in [4.69, 9.17) is 9.90 Å². The van der Waals surface area contributed by atoms with Crippen molar-refractivity contribution in [2.24, 2.45) is 0 Å². The number of alkyl halides is 3. The van der Waals surface area contributed by atoms with Gasteiger partial charge in [-0.15, -0.1) is 0 Å². The Bertz CT molecular complexity index is 752. The molecule has 1 aliphatic rings. The minimum Gasteiger partial charge on any atom is -0.475 e. The molecule has 0 aromatic carbocycles. The Labute approximate surface area is 140 Å². The minimum absolute atomic E-state index is 0.205. The largest absolute Gasteiger partial charge is 0.490 e. The molecule has 0 radical (unpaired) electrons. The molecule has 2 aromatic heterocycles. The molecule has 1 amide bonds.